The summed E-state index contributed by atoms with van der Waals surface area (Å²) in [6.45, 7) is 0. The van der Waals surface area contributed by atoms with Crippen LogP contribution >= 0.6 is 0 Å². The van der Waals surface area contributed by atoms with E-state index in [9.17, 15) is 0 Å². The molecule has 0 radical (unpaired) electrons. The maximum absolute atomic E-state index is 4.94. The van der Waals surface area contributed by atoms with Crippen LogP contribution in [0.1, 0.15) is 11.3 Å². The molecule has 0 saturated carbocycles. The topological polar surface area (TPSA) is 25.8 Å². The van der Waals surface area contributed by atoms with Gasteiger partial charge in [-0.1, -0.05) is 91.0 Å². The third-order valence-corrected chi connectivity index (χ3v) is 5.15. The van der Waals surface area contributed by atoms with Crippen molar-refractivity contribution in [3.8, 4) is 22.5 Å². The van der Waals surface area contributed by atoms with E-state index in [1.807, 2.05) is 36.5 Å². The Bertz CT molecular complexity index is 1320. The highest BCUT2D eigenvalue weighted by Crippen LogP contribution is 2.28. The summed E-state index contributed by atoms with van der Waals surface area (Å²) in [7, 11) is 0. The molecule has 0 aliphatic carbocycles. The lowest BCUT2D eigenvalue weighted by atomic mass is 9.99. The number of pyridine rings is 2. The molecule has 0 saturated heterocycles. The van der Waals surface area contributed by atoms with Gasteiger partial charge in [0.1, 0.15) is 0 Å². The Hall–Kier alpha value is -4.04. The zero-order valence-electron chi connectivity index (χ0n) is 16.4. The molecule has 5 rings (SSSR count). The van der Waals surface area contributed by atoms with Crippen LogP contribution in [-0.2, 0) is 0 Å². The molecule has 2 heterocycles. The monoisotopic (exact) mass is 384 g/mol. The summed E-state index contributed by atoms with van der Waals surface area (Å²) in [6.07, 6.45) is 6.03. The summed E-state index contributed by atoms with van der Waals surface area (Å²) in [5.41, 5.74) is 6.28. The molecule has 0 unspecified atom stereocenters. The second-order valence-corrected chi connectivity index (χ2v) is 7.12. The highest BCUT2D eigenvalue weighted by atomic mass is 14.8. The average Bonchev–Trinajstić information content (AvgIpc) is 2.83. The molecule has 0 fully saturated rings. The quantitative estimate of drug-likeness (QED) is 0.329. The van der Waals surface area contributed by atoms with Gasteiger partial charge in [0.15, 0.2) is 0 Å². The lowest BCUT2D eigenvalue weighted by molar-refractivity contribution is 1.25. The van der Waals surface area contributed by atoms with Gasteiger partial charge in [-0.3, -0.25) is 4.98 Å². The van der Waals surface area contributed by atoms with Crippen LogP contribution in [0.15, 0.2) is 109 Å². The van der Waals surface area contributed by atoms with Crippen LogP contribution in [-0.4, -0.2) is 9.97 Å². The van der Waals surface area contributed by atoms with Crippen LogP contribution in [0, 0.1) is 0 Å². The minimum atomic E-state index is 0.883. The fraction of sp³-hybridized carbons (Fsp3) is 0. The Morgan fingerprint density at radius 2 is 1.40 bits per heavy atom. The Balaban J connectivity index is 1.60. The van der Waals surface area contributed by atoms with Gasteiger partial charge in [-0.2, -0.15) is 0 Å². The number of benzene rings is 3. The van der Waals surface area contributed by atoms with Gasteiger partial charge < -0.3 is 0 Å². The summed E-state index contributed by atoms with van der Waals surface area (Å²) >= 11 is 0. The van der Waals surface area contributed by atoms with Gasteiger partial charge in [0, 0.05) is 11.6 Å². The molecule has 2 heteroatoms. The molecular weight excluding hydrogens is 364 g/mol. The number of nitrogens with zero attached hydrogens (tertiary/aromatic N) is 2. The van der Waals surface area contributed by atoms with E-state index < -0.39 is 0 Å². The molecule has 5 aromatic rings. The number of fused-ring (bicyclic) bond motifs is 1. The van der Waals surface area contributed by atoms with E-state index in [0.717, 1.165) is 33.4 Å². The van der Waals surface area contributed by atoms with Crippen molar-refractivity contribution in [2.75, 3.05) is 0 Å². The molecule has 0 amide bonds. The maximum atomic E-state index is 4.94. The first-order chi connectivity index (χ1) is 14.9. The lowest BCUT2D eigenvalue weighted by Crippen LogP contribution is -1.92. The number of rotatable bonds is 4. The molecule has 30 heavy (non-hydrogen) atoms. The van der Waals surface area contributed by atoms with Crippen LogP contribution in [0.5, 0.6) is 0 Å². The first kappa shape index (κ1) is 18.0. The molecule has 0 aliphatic heterocycles. The number of aromatic nitrogens is 2. The van der Waals surface area contributed by atoms with Crippen LogP contribution in [0.4, 0.5) is 0 Å². The summed E-state index contributed by atoms with van der Waals surface area (Å²) in [6, 6.07) is 35.3. The first-order valence-electron chi connectivity index (χ1n) is 10.0. The zero-order valence-corrected chi connectivity index (χ0v) is 16.4. The summed E-state index contributed by atoms with van der Waals surface area (Å²) in [5, 5.41) is 2.27. The third-order valence-electron chi connectivity index (χ3n) is 5.15. The normalized spacial score (nSPS) is 11.2. The Morgan fingerprint density at radius 3 is 2.27 bits per heavy atom. The minimum absolute atomic E-state index is 0.883. The Labute approximate surface area is 176 Å². The van der Waals surface area contributed by atoms with Crippen molar-refractivity contribution in [1.82, 2.24) is 9.97 Å². The standard InChI is InChI=1S/C28H20N2/c1-2-10-21(11-3-1)25-14-6-4-12-22(25)17-18-24-20-23-13-5-7-15-26(23)28(30-24)27-16-8-9-19-29-27/h1-20H. The predicted molar refractivity (Wildman–Crippen MR) is 126 cm³/mol. The van der Waals surface area contributed by atoms with E-state index in [0.29, 0.717) is 0 Å². The summed E-state index contributed by atoms with van der Waals surface area (Å²) in [5.74, 6) is 0. The SMILES string of the molecule is C(=Cc1ccccc1-c1ccccc1)c1cc2ccccc2c(-c2ccccn2)n1. The van der Waals surface area contributed by atoms with Gasteiger partial charge >= 0.3 is 0 Å². The van der Waals surface area contributed by atoms with Crippen molar-refractivity contribution in [3.63, 3.8) is 0 Å². The highest BCUT2D eigenvalue weighted by molar-refractivity contribution is 5.95. The van der Waals surface area contributed by atoms with E-state index in [1.165, 1.54) is 11.1 Å². The van der Waals surface area contributed by atoms with Crippen molar-refractivity contribution >= 4 is 22.9 Å². The van der Waals surface area contributed by atoms with Gasteiger partial charge in [0.25, 0.3) is 0 Å². The number of hydrogen-bond acceptors (Lipinski definition) is 2. The van der Waals surface area contributed by atoms with Crippen LogP contribution < -0.4 is 0 Å². The minimum Gasteiger partial charge on any atom is -0.255 e. The van der Waals surface area contributed by atoms with E-state index in [2.05, 4.69) is 89.9 Å². The average molecular weight is 384 g/mol. The molecular formula is C28H20N2. The highest BCUT2D eigenvalue weighted by Gasteiger charge is 2.08. The van der Waals surface area contributed by atoms with Crippen molar-refractivity contribution in [2.45, 2.75) is 0 Å². The fourth-order valence-corrected chi connectivity index (χ4v) is 3.70. The fourth-order valence-electron chi connectivity index (χ4n) is 3.70. The molecule has 0 N–H and O–H groups in total. The van der Waals surface area contributed by atoms with Gasteiger partial charge in [-0.05, 0) is 46.4 Å². The van der Waals surface area contributed by atoms with E-state index >= 15 is 0 Å². The third kappa shape index (κ3) is 3.63. The number of hydrogen-bond donors (Lipinski definition) is 0. The molecule has 3 aromatic carbocycles. The van der Waals surface area contributed by atoms with Crippen molar-refractivity contribution in [1.29, 1.82) is 0 Å². The summed E-state index contributed by atoms with van der Waals surface area (Å²) < 4.78 is 0. The Morgan fingerprint density at radius 1 is 0.633 bits per heavy atom. The molecule has 0 spiro atoms. The van der Waals surface area contributed by atoms with Gasteiger partial charge in [0.05, 0.1) is 17.1 Å². The second kappa shape index (κ2) is 8.14. The second-order valence-electron chi connectivity index (χ2n) is 7.12. The smallest absolute Gasteiger partial charge is 0.0971 e. The molecule has 0 aliphatic rings. The molecule has 0 bridgehead atoms. The van der Waals surface area contributed by atoms with Crippen molar-refractivity contribution in [2.24, 2.45) is 0 Å². The Kier molecular flexibility index (Phi) is 4.89. The summed E-state index contributed by atoms with van der Waals surface area (Å²) in [4.78, 5) is 9.47. The van der Waals surface area contributed by atoms with Gasteiger partial charge in [0.2, 0.25) is 0 Å². The van der Waals surface area contributed by atoms with E-state index in [4.69, 9.17) is 4.98 Å². The first-order valence-corrected chi connectivity index (χ1v) is 10.0. The molecule has 2 aromatic heterocycles. The van der Waals surface area contributed by atoms with Crippen LogP contribution in [0.2, 0.25) is 0 Å². The van der Waals surface area contributed by atoms with E-state index in [-0.39, 0.29) is 0 Å². The van der Waals surface area contributed by atoms with Gasteiger partial charge in [-0.15, -0.1) is 0 Å². The van der Waals surface area contributed by atoms with E-state index in [1.54, 1.807) is 0 Å². The van der Waals surface area contributed by atoms with Crippen LogP contribution in [0.25, 0.3) is 45.4 Å². The molecule has 2 nitrogen and oxygen atoms in total. The van der Waals surface area contributed by atoms with Gasteiger partial charge in [-0.25, -0.2) is 4.98 Å². The largest absolute Gasteiger partial charge is 0.255 e. The maximum Gasteiger partial charge on any atom is 0.0971 e. The predicted octanol–water partition coefficient (Wildman–Crippen LogP) is 7.13. The van der Waals surface area contributed by atoms with Crippen LogP contribution in [0.3, 0.4) is 0 Å². The zero-order chi connectivity index (χ0) is 20.2. The van der Waals surface area contributed by atoms with Crippen molar-refractivity contribution in [3.05, 3.63) is 121 Å². The molecule has 0 atom stereocenters. The van der Waals surface area contributed by atoms with Crippen molar-refractivity contribution < 1.29 is 0 Å². The lowest BCUT2D eigenvalue weighted by Gasteiger charge is -2.08. The molecule has 142 valence electrons.